The van der Waals surface area contributed by atoms with Crippen LogP contribution in [0.1, 0.15) is 33.1 Å². The number of rotatable bonds is 5. The summed E-state index contributed by atoms with van der Waals surface area (Å²) in [7, 11) is 0. The molecule has 0 saturated carbocycles. The van der Waals surface area contributed by atoms with Crippen LogP contribution in [0.3, 0.4) is 0 Å². The first-order valence-corrected chi connectivity index (χ1v) is 10.6. The SMILES string of the molecule is CCCN1CCC([CH2][In][CH2]C)CC1. The van der Waals surface area contributed by atoms with E-state index in [2.05, 4.69) is 18.7 Å². The minimum atomic E-state index is -0.0797. The predicted octanol–water partition coefficient (Wildman–Crippen LogP) is 2.67. The Bertz CT molecular complexity index is 119. The van der Waals surface area contributed by atoms with Crippen molar-refractivity contribution in [2.75, 3.05) is 19.6 Å². The van der Waals surface area contributed by atoms with Crippen LogP contribution < -0.4 is 0 Å². The van der Waals surface area contributed by atoms with Gasteiger partial charge in [0.25, 0.3) is 0 Å². The van der Waals surface area contributed by atoms with Gasteiger partial charge in [-0.25, -0.2) is 0 Å². The summed E-state index contributed by atoms with van der Waals surface area (Å²) in [5.41, 5.74) is 0. The molecule has 0 unspecified atom stereocenters. The van der Waals surface area contributed by atoms with E-state index in [1.807, 2.05) is 0 Å². The van der Waals surface area contributed by atoms with Crippen LogP contribution in [0.2, 0.25) is 8.35 Å². The fraction of sp³-hybridized carbons (Fsp3) is 1.00. The topological polar surface area (TPSA) is 3.24 Å². The second-order valence-electron chi connectivity index (χ2n) is 4.22. The molecular weight excluding hydrogens is 261 g/mol. The van der Waals surface area contributed by atoms with Crippen molar-refractivity contribution in [3.05, 3.63) is 0 Å². The van der Waals surface area contributed by atoms with Gasteiger partial charge in [-0.3, -0.25) is 0 Å². The van der Waals surface area contributed by atoms with Crippen molar-refractivity contribution in [2.24, 2.45) is 5.92 Å². The van der Waals surface area contributed by atoms with Crippen molar-refractivity contribution < 1.29 is 0 Å². The molecule has 0 aliphatic carbocycles. The van der Waals surface area contributed by atoms with Crippen LogP contribution in [-0.2, 0) is 0 Å². The van der Waals surface area contributed by atoms with Crippen LogP contribution >= 0.6 is 0 Å². The summed E-state index contributed by atoms with van der Waals surface area (Å²) in [6.45, 7) is 8.80. The minimum absolute atomic E-state index is 0.0797. The molecule has 75 valence electrons. The van der Waals surface area contributed by atoms with Crippen molar-refractivity contribution in [3.8, 4) is 0 Å². The van der Waals surface area contributed by atoms with Gasteiger partial charge in [0, 0.05) is 0 Å². The van der Waals surface area contributed by atoms with E-state index < -0.39 is 0 Å². The first-order chi connectivity index (χ1) is 6.36. The van der Waals surface area contributed by atoms with Crippen molar-refractivity contribution >= 4 is 22.9 Å². The standard InChI is InChI=1S/C9H18N.C2H5.In/c1-3-6-10-7-4-9(2)5-8-10;1-2;/h9H,2-8H2,1H3;1H2,2H3;. The Morgan fingerprint density at radius 3 is 2.46 bits per heavy atom. The van der Waals surface area contributed by atoms with E-state index in [4.69, 9.17) is 0 Å². The third-order valence-corrected chi connectivity index (χ3v) is 7.54. The molecular formula is C11H23InN. The van der Waals surface area contributed by atoms with Crippen LogP contribution in [0.4, 0.5) is 0 Å². The van der Waals surface area contributed by atoms with Gasteiger partial charge in [0.2, 0.25) is 0 Å². The molecule has 1 nitrogen and oxygen atoms in total. The molecule has 0 amide bonds. The Morgan fingerprint density at radius 1 is 1.23 bits per heavy atom. The molecule has 1 saturated heterocycles. The number of hydrogen-bond donors (Lipinski definition) is 0. The van der Waals surface area contributed by atoms with E-state index in [1.165, 1.54) is 38.9 Å². The molecule has 1 aliphatic heterocycles. The molecule has 0 aromatic carbocycles. The molecule has 1 aliphatic rings. The number of hydrogen-bond acceptors (Lipinski definition) is 1. The quantitative estimate of drug-likeness (QED) is 0.750. The fourth-order valence-electron chi connectivity index (χ4n) is 2.16. The van der Waals surface area contributed by atoms with Crippen LogP contribution in [0, 0.1) is 5.92 Å². The number of nitrogens with zero attached hydrogens (tertiary/aromatic N) is 1. The molecule has 1 fully saturated rings. The Morgan fingerprint density at radius 2 is 1.92 bits per heavy atom. The van der Waals surface area contributed by atoms with Gasteiger partial charge in [0.1, 0.15) is 0 Å². The molecule has 0 spiro atoms. The van der Waals surface area contributed by atoms with Gasteiger partial charge in [0.05, 0.1) is 0 Å². The summed E-state index contributed by atoms with van der Waals surface area (Å²) in [6.07, 6.45) is 4.34. The van der Waals surface area contributed by atoms with Crippen LogP contribution in [0.5, 0.6) is 0 Å². The molecule has 13 heavy (non-hydrogen) atoms. The summed E-state index contributed by atoms with van der Waals surface area (Å²) < 4.78 is 3.23. The first-order valence-electron chi connectivity index (χ1n) is 5.90. The fourth-order valence-corrected chi connectivity index (χ4v) is 5.81. The van der Waals surface area contributed by atoms with Crippen molar-refractivity contribution in [1.29, 1.82) is 0 Å². The maximum absolute atomic E-state index is 2.65. The van der Waals surface area contributed by atoms with Crippen LogP contribution in [-0.4, -0.2) is 47.4 Å². The Labute approximate surface area is 94.6 Å². The van der Waals surface area contributed by atoms with E-state index >= 15 is 0 Å². The summed E-state index contributed by atoms with van der Waals surface area (Å²) in [4.78, 5) is 2.65. The zero-order chi connectivity index (χ0) is 9.52. The normalized spacial score (nSPS) is 20.5. The molecule has 0 aromatic heterocycles. The van der Waals surface area contributed by atoms with E-state index in [1.54, 1.807) is 8.35 Å². The van der Waals surface area contributed by atoms with Gasteiger partial charge in [-0.05, 0) is 0 Å². The zero-order valence-electron chi connectivity index (χ0n) is 9.26. The third kappa shape index (κ3) is 4.73. The van der Waals surface area contributed by atoms with E-state index in [0.717, 1.165) is 5.92 Å². The average Bonchev–Trinajstić information content (AvgIpc) is 2.17. The summed E-state index contributed by atoms with van der Waals surface area (Å²) in [6, 6.07) is 0. The van der Waals surface area contributed by atoms with Crippen LogP contribution in [0.15, 0.2) is 0 Å². The molecule has 0 bridgehead atoms. The van der Waals surface area contributed by atoms with Crippen molar-refractivity contribution in [2.45, 2.75) is 41.5 Å². The Kier molecular flexibility index (Phi) is 6.56. The van der Waals surface area contributed by atoms with E-state index in [-0.39, 0.29) is 22.9 Å². The molecule has 1 heterocycles. The summed E-state index contributed by atoms with van der Waals surface area (Å²) >= 11 is -0.0797. The van der Waals surface area contributed by atoms with Crippen molar-refractivity contribution in [1.82, 2.24) is 4.90 Å². The molecule has 2 heteroatoms. The van der Waals surface area contributed by atoms with Gasteiger partial charge in [-0.15, -0.1) is 0 Å². The Balaban J connectivity index is 2.08. The molecule has 0 aromatic rings. The van der Waals surface area contributed by atoms with E-state index in [0.29, 0.717) is 0 Å². The molecule has 1 radical (unpaired) electrons. The molecule has 0 N–H and O–H groups in total. The second-order valence-corrected chi connectivity index (χ2v) is 9.54. The third-order valence-electron chi connectivity index (χ3n) is 3.04. The monoisotopic (exact) mass is 284 g/mol. The number of likely N-dealkylation sites (tertiary alicyclic amines) is 1. The van der Waals surface area contributed by atoms with Gasteiger partial charge in [-0.1, -0.05) is 0 Å². The second kappa shape index (κ2) is 7.17. The average molecular weight is 284 g/mol. The summed E-state index contributed by atoms with van der Waals surface area (Å²) in [5.74, 6) is 1.13. The van der Waals surface area contributed by atoms with E-state index in [9.17, 15) is 0 Å². The molecule has 1 rings (SSSR count). The molecule has 0 atom stereocenters. The Hall–Kier alpha value is 0.830. The first kappa shape index (κ1) is 11.9. The zero-order valence-corrected chi connectivity index (χ0v) is 12.6. The van der Waals surface area contributed by atoms with Gasteiger partial charge >= 0.3 is 94.8 Å². The summed E-state index contributed by atoms with van der Waals surface area (Å²) in [5, 5.41) is 0. The predicted molar refractivity (Wildman–Crippen MR) is 60.5 cm³/mol. The van der Waals surface area contributed by atoms with Gasteiger partial charge in [-0.2, -0.15) is 0 Å². The maximum atomic E-state index is 2.65. The van der Waals surface area contributed by atoms with Gasteiger partial charge < -0.3 is 0 Å². The van der Waals surface area contributed by atoms with Crippen LogP contribution in [0.25, 0.3) is 0 Å². The van der Waals surface area contributed by atoms with Gasteiger partial charge in [0.15, 0.2) is 0 Å². The van der Waals surface area contributed by atoms with Crippen molar-refractivity contribution in [3.63, 3.8) is 0 Å². The number of piperidine rings is 1.